The van der Waals surface area contributed by atoms with Crippen molar-refractivity contribution in [1.29, 1.82) is 0 Å². The van der Waals surface area contributed by atoms with Crippen LogP contribution >= 0.6 is 0 Å². The van der Waals surface area contributed by atoms with E-state index in [0.29, 0.717) is 12.8 Å². The first-order chi connectivity index (χ1) is 8.01. The first-order valence-electron chi connectivity index (χ1n) is 5.17. The molecule has 1 aromatic rings. The number of rotatable bonds is 5. The van der Waals surface area contributed by atoms with Crippen molar-refractivity contribution in [2.75, 3.05) is 5.73 Å². The van der Waals surface area contributed by atoms with Crippen LogP contribution < -0.4 is 10.5 Å². The van der Waals surface area contributed by atoms with E-state index in [1.807, 2.05) is 6.92 Å². The minimum Gasteiger partial charge on any atom is -0.383 e. The molecule has 1 aromatic heterocycles. The van der Waals surface area contributed by atoms with Gasteiger partial charge in [-0.15, -0.1) is 12.3 Å². The average molecular weight is 253 g/mol. The third-order valence-electron chi connectivity index (χ3n) is 2.27. The van der Waals surface area contributed by atoms with Crippen LogP contribution in [0.3, 0.4) is 0 Å². The van der Waals surface area contributed by atoms with Crippen LogP contribution in [0.15, 0.2) is 23.2 Å². The summed E-state index contributed by atoms with van der Waals surface area (Å²) in [5.74, 6) is 2.42. The Labute approximate surface area is 101 Å². The van der Waals surface area contributed by atoms with Crippen molar-refractivity contribution in [3.05, 3.63) is 18.3 Å². The molecule has 0 aliphatic heterocycles. The lowest BCUT2D eigenvalue weighted by molar-refractivity contribution is 0.544. The lowest BCUT2D eigenvalue weighted by atomic mass is 10.2. The largest absolute Gasteiger partial charge is 0.383 e. The summed E-state index contributed by atoms with van der Waals surface area (Å²) in [6.45, 7) is 1.86. The molecule has 0 saturated carbocycles. The molecule has 1 atom stereocenters. The van der Waals surface area contributed by atoms with E-state index in [9.17, 15) is 8.42 Å². The molecule has 5 nitrogen and oxygen atoms in total. The molecule has 0 bridgehead atoms. The molecule has 1 rings (SSSR count). The highest BCUT2D eigenvalue weighted by Gasteiger charge is 2.21. The predicted octanol–water partition coefficient (Wildman–Crippen LogP) is 0.744. The number of hydrogen-bond acceptors (Lipinski definition) is 4. The first-order valence-corrected chi connectivity index (χ1v) is 6.66. The molecule has 17 heavy (non-hydrogen) atoms. The maximum absolute atomic E-state index is 12.0. The Kier molecular flexibility index (Phi) is 4.49. The molecule has 0 fully saturated rings. The van der Waals surface area contributed by atoms with Gasteiger partial charge in [0.2, 0.25) is 10.0 Å². The van der Waals surface area contributed by atoms with Gasteiger partial charge in [-0.1, -0.05) is 6.92 Å². The Morgan fingerprint density at radius 2 is 2.35 bits per heavy atom. The van der Waals surface area contributed by atoms with Gasteiger partial charge in [-0.2, -0.15) is 0 Å². The lowest BCUT2D eigenvalue weighted by Crippen LogP contribution is -2.34. The number of pyridine rings is 1. The van der Waals surface area contributed by atoms with E-state index in [1.165, 1.54) is 18.3 Å². The molecule has 0 aliphatic carbocycles. The van der Waals surface area contributed by atoms with Crippen LogP contribution in [0.2, 0.25) is 0 Å². The highest BCUT2D eigenvalue weighted by Crippen LogP contribution is 2.15. The molecule has 1 heterocycles. The fourth-order valence-electron chi connectivity index (χ4n) is 1.32. The summed E-state index contributed by atoms with van der Waals surface area (Å²) in [4.78, 5) is 3.72. The van der Waals surface area contributed by atoms with Crippen molar-refractivity contribution >= 4 is 15.8 Å². The molecule has 0 spiro atoms. The zero-order chi connectivity index (χ0) is 12.9. The SMILES string of the molecule is C#CCC(CC)NS(=O)(=O)c1cccnc1N. The first kappa shape index (κ1) is 13.5. The molecule has 92 valence electrons. The summed E-state index contributed by atoms with van der Waals surface area (Å²) in [5, 5.41) is 0. The molecular weight excluding hydrogens is 238 g/mol. The second-order valence-corrected chi connectivity index (χ2v) is 5.20. The minimum absolute atomic E-state index is 0.0180. The van der Waals surface area contributed by atoms with Gasteiger partial charge in [0.05, 0.1) is 0 Å². The van der Waals surface area contributed by atoms with E-state index >= 15 is 0 Å². The topological polar surface area (TPSA) is 85.1 Å². The highest BCUT2D eigenvalue weighted by atomic mass is 32.2. The zero-order valence-electron chi connectivity index (χ0n) is 9.55. The van der Waals surface area contributed by atoms with E-state index in [0.717, 1.165) is 0 Å². The summed E-state index contributed by atoms with van der Waals surface area (Å²) in [5.41, 5.74) is 5.53. The van der Waals surface area contributed by atoms with Gasteiger partial charge in [0.15, 0.2) is 0 Å². The molecule has 0 aliphatic rings. The predicted molar refractivity (Wildman–Crippen MR) is 66.5 cm³/mol. The van der Waals surface area contributed by atoms with Crippen LogP contribution in [0.25, 0.3) is 0 Å². The molecule has 3 N–H and O–H groups in total. The number of nitrogen functional groups attached to an aromatic ring is 1. The molecule has 1 unspecified atom stereocenters. The summed E-state index contributed by atoms with van der Waals surface area (Å²) in [6, 6.07) is 2.64. The maximum atomic E-state index is 12.0. The molecule has 0 amide bonds. The molecule has 0 radical (unpaired) electrons. The molecule has 6 heteroatoms. The Morgan fingerprint density at radius 3 is 2.88 bits per heavy atom. The van der Waals surface area contributed by atoms with E-state index < -0.39 is 10.0 Å². The van der Waals surface area contributed by atoms with E-state index in [-0.39, 0.29) is 16.8 Å². The maximum Gasteiger partial charge on any atom is 0.244 e. The second-order valence-electron chi connectivity index (χ2n) is 3.52. The number of anilines is 1. The standard InChI is InChI=1S/C11H15N3O2S/c1-3-6-9(4-2)14-17(15,16)10-7-5-8-13-11(10)12/h1,5,7-9,14H,4,6H2,2H3,(H2,12,13). The smallest absolute Gasteiger partial charge is 0.244 e. The Hall–Kier alpha value is -1.58. The van der Waals surface area contributed by atoms with Gasteiger partial charge in [-0.3, -0.25) is 0 Å². The number of terminal acetylenes is 1. The van der Waals surface area contributed by atoms with Crippen LogP contribution in [0, 0.1) is 12.3 Å². The van der Waals surface area contributed by atoms with Crippen molar-refractivity contribution in [3.8, 4) is 12.3 Å². The summed E-state index contributed by atoms with van der Waals surface area (Å²) in [6.07, 6.45) is 7.57. The molecule has 0 saturated heterocycles. The second kappa shape index (κ2) is 5.66. The van der Waals surface area contributed by atoms with Gasteiger partial charge in [-0.05, 0) is 18.6 Å². The molecule has 0 aromatic carbocycles. The van der Waals surface area contributed by atoms with Crippen molar-refractivity contribution in [2.24, 2.45) is 0 Å². The Bertz CT molecular complexity index is 520. The van der Waals surface area contributed by atoms with Gasteiger partial charge in [0, 0.05) is 18.7 Å². The van der Waals surface area contributed by atoms with Gasteiger partial charge < -0.3 is 5.73 Å². The monoisotopic (exact) mass is 253 g/mol. The number of hydrogen-bond donors (Lipinski definition) is 2. The van der Waals surface area contributed by atoms with Crippen molar-refractivity contribution in [3.63, 3.8) is 0 Å². The minimum atomic E-state index is -3.66. The van der Waals surface area contributed by atoms with Crippen molar-refractivity contribution < 1.29 is 8.42 Å². The third-order valence-corrected chi connectivity index (χ3v) is 3.84. The summed E-state index contributed by atoms with van der Waals surface area (Å²) in [7, 11) is -3.66. The average Bonchev–Trinajstić information content (AvgIpc) is 2.28. The number of nitrogens with one attached hydrogen (secondary N) is 1. The normalized spacial score (nSPS) is 12.9. The highest BCUT2D eigenvalue weighted by molar-refractivity contribution is 7.89. The van der Waals surface area contributed by atoms with Crippen molar-refractivity contribution in [2.45, 2.75) is 30.7 Å². The third kappa shape index (κ3) is 3.44. The fourth-order valence-corrected chi connectivity index (χ4v) is 2.73. The van der Waals surface area contributed by atoms with Crippen LogP contribution in [-0.2, 0) is 10.0 Å². The van der Waals surface area contributed by atoms with Gasteiger partial charge in [-0.25, -0.2) is 18.1 Å². The summed E-state index contributed by atoms with van der Waals surface area (Å²) < 4.78 is 26.5. The van der Waals surface area contributed by atoms with E-state index in [2.05, 4.69) is 15.6 Å². The van der Waals surface area contributed by atoms with Crippen LogP contribution in [0.5, 0.6) is 0 Å². The number of sulfonamides is 1. The zero-order valence-corrected chi connectivity index (χ0v) is 10.4. The van der Waals surface area contributed by atoms with Gasteiger partial charge >= 0.3 is 0 Å². The number of nitrogens with two attached hydrogens (primary N) is 1. The lowest BCUT2D eigenvalue weighted by Gasteiger charge is -2.15. The Balaban J connectivity index is 2.97. The van der Waals surface area contributed by atoms with E-state index in [4.69, 9.17) is 12.2 Å². The van der Waals surface area contributed by atoms with Crippen LogP contribution in [0.1, 0.15) is 19.8 Å². The Morgan fingerprint density at radius 1 is 1.65 bits per heavy atom. The van der Waals surface area contributed by atoms with Crippen LogP contribution in [-0.4, -0.2) is 19.4 Å². The molecular formula is C11H15N3O2S. The summed E-state index contributed by atoms with van der Waals surface area (Å²) >= 11 is 0. The van der Waals surface area contributed by atoms with Gasteiger partial charge in [0.25, 0.3) is 0 Å². The fraction of sp³-hybridized carbons (Fsp3) is 0.364. The van der Waals surface area contributed by atoms with E-state index in [1.54, 1.807) is 0 Å². The number of nitrogens with zero attached hydrogens (tertiary/aromatic N) is 1. The quantitative estimate of drug-likeness (QED) is 0.758. The number of aromatic nitrogens is 1. The van der Waals surface area contributed by atoms with Crippen LogP contribution in [0.4, 0.5) is 5.82 Å². The van der Waals surface area contributed by atoms with Gasteiger partial charge in [0.1, 0.15) is 10.7 Å². The van der Waals surface area contributed by atoms with Crippen molar-refractivity contribution in [1.82, 2.24) is 9.71 Å².